The third-order valence-corrected chi connectivity index (χ3v) is 9.72. The standard InChI is InChI=1S/C14H24OSi/c1-12(2)16(13(3)4,14(5)6)11-9-7-8-10-15/h7-8,10,12-14H,1-6H3/b8-7+. The number of carbonyl (C=O) groups excluding carboxylic acids is 1. The Morgan fingerprint density at radius 2 is 1.38 bits per heavy atom. The number of allylic oxidation sites excluding steroid dienone is 2. The van der Waals surface area contributed by atoms with Gasteiger partial charge in [0, 0.05) is 0 Å². The van der Waals surface area contributed by atoms with E-state index in [1.165, 1.54) is 6.08 Å². The van der Waals surface area contributed by atoms with Crippen LogP contribution < -0.4 is 0 Å². The summed E-state index contributed by atoms with van der Waals surface area (Å²) in [5.41, 5.74) is 5.44. The van der Waals surface area contributed by atoms with E-state index in [-0.39, 0.29) is 0 Å². The summed E-state index contributed by atoms with van der Waals surface area (Å²) in [6.07, 6.45) is 3.91. The Labute approximate surface area is 101 Å². The van der Waals surface area contributed by atoms with Gasteiger partial charge in [-0.05, 0) is 28.8 Å². The van der Waals surface area contributed by atoms with Gasteiger partial charge in [-0.15, -0.1) is 5.54 Å². The fourth-order valence-electron chi connectivity index (χ4n) is 2.69. The molecular formula is C14H24OSi. The molecule has 1 nitrogen and oxygen atoms in total. The van der Waals surface area contributed by atoms with Crippen LogP contribution in [0.3, 0.4) is 0 Å². The van der Waals surface area contributed by atoms with Gasteiger partial charge in [-0.1, -0.05) is 47.5 Å². The number of rotatable bonds is 4. The van der Waals surface area contributed by atoms with Crippen molar-refractivity contribution in [3.8, 4) is 11.5 Å². The van der Waals surface area contributed by atoms with E-state index in [9.17, 15) is 4.79 Å². The molecule has 0 heterocycles. The number of hydrogen-bond acceptors (Lipinski definition) is 1. The SMILES string of the molecule is CC(C)[Si](C#C/C=C/C=O)(C(C)C)C(C)C. The average molecular weight is 236 g/mol. The molecule has 0 atom stereocenters. The molecule has 0 aromatic rings. The quantitative estimate of drug-likeness (QED) is 0.312. The molecule has 0 aliphatic heterocycles. The predicted octanol–water partition coefficient (Wildman–Crippen LogP) is 3.96. The Morgan fingerprint density at radius 1 is 0.938 bits per heavy atom. The fourth-order valence-corrected chi connectivity index (χ4v) is 7.89. The van der Waals surface area contributed by atoms with Gasteiger partial charge < -0.3 is 0 Å². The largest absolute Gasteiger partial charge is 0.299 e. The Kier molecular flexibility index (Phi) is 6.36. The van der Waals surface area contributed by atoms with Gasteiger partial charge in [-0.3, -0.25) is 4.79 Å². The Hall–Kier alpha value is -0.813. The van der Waals surface area contributed by atoms with E-state index in [2.05, 4.69) is 53.0 Å². The van der Waals surface area contributed by atoms with Crippen molar-refractivity contribution < 1.29 is 4.79 Å². The lowest BCUT2D eigenvalue weighted by molar-refractivity contribution is -0.104. The molecule has 0 radical (unpaired) electrons. The summed E-state index contributed by atoms with van der Waals surface area (Å²) in [5, 5.41) is 0. The summed E-state index contributed by atoms with van der Waals surface area (Å²) >= 11 is 0. The normalized spacial score (nSPS) is 12.3. The van der Waals surface area contributed by atoms with Crippen LogP contribution in [-0.2, 0) is 4.79 Å². The van der Waals surface area contributed by atoms with Gasteiger partial charge in [0.2, 0.25) is 0 Å². The minimum Gasteiger partial charge on any atom is -0.299 e. The van der Waals surface area contributed by atoms with Crippen molar-refractivity contribution in [2.45, 2.75) is 58.2 Å². The zero-order valence-corrected chi connectivity index (χ0v) is 12.4. The fraction of sp³-hybridized carbons (Fsp3) is 0.643. The third-order valence-electron chi connectivity index (χ3n) is 3.41. The maximum absolute atomic E-state index is 10.2. The zero-order chi connectivity index (χ0) is 12.8. The van der Waals surface area contributed by atoms with Crippen LogP contribution in [0.1, 0.15) is 41.5 Å². The highest BCUT2D eigenvalue weighted by molar-refractivity contribution is 6.90. The van der Waals surface area contributed by atoms with Gasteiger partial charge >= 0.3 is 0 Å². The summed E-state index contributed by atoms with van der Waals surface area (Å²) in [5.74, 6) is 3.07. The Balaban J connectivity index is 5.25. The van der Waals surface area contributed by atoms with Crippen molar-refractivity contribution in [3.63, 3.8) is 0 Å². The van der Waals surface area contributed by atoms with Crippen LogP contribution >= 0.6 is 0 Å². The highest BCUT2D eigenvalue weighted by Gasteiger charge is 2.41. The highest BCUT2D eigenvalue weighted by Crippen LogP contribution is 2.40. The Morgan fingerprint density at radius 3 is 1.69 bits per heavy atom. The van der Waals surface area contributed by atoms with E-state index >= 15 is 0 Å². The molecule has 0 saturated heterocycles. The average Bonchev–Trinajstić information content (AvgIpc) is 2.16. The maximum atomic E-state index is 10.2. The minimum atomic E-state index is -1.61. The molecule has 0 amide bonds. The lowest BCUT2D eigenvalue weighted by atomic mass is 10.5. The van der Waals surface area contributed by atoms with E-state index in [0.717, 1.165) is 6.29 Å². The van der Waals surface area contributed by atoms with Crippen molar-refractivity contribution >= 4 is 14.4 Å². The first kappa shape index (κ1) is 15.2. The summed E-state index contributed by atoms with van der Waals surface area (Å²) < 4.78 is 0. The number of aldehydes is 1. The van der Waals surface area contributed by atoms with E-state index < -0.39 is 8.07 Å². The second-order valence-electron chi connectivity index (χ2n) is 5.16. The molecule has 0 fully saturated rings. The van der Waals surface area contributed by atoms with Crippen molar-refractivity contribution in [2.24, 2.45) is 0 Å². The van der Waals surface area contributed by atoms with E-state index in [1.807, 2.05) is 0 Å². The van der Waals surface area contributed by atoms with Crippen LogP contribution in [0, 0.1) is 11.5 Å². The van der Waals surface area contributed by atoms with Crippen molar-refractivity contribution in [1.82, 2.24) is 0 Å². The van der Waals surface area contributed by atoms with Crippen LogP contribution in [0.2, 0.25) is 16.6 Å². The van der Waals surface area contributed by atoms with E-state index in [0.29, 0.717) is 16.6 Å². The summed E-state index contributed by atoms with van der Waals surface area (Å²) in [6.45, 7) is 13.7. The van der Waals surface area contributed by atoms with Gasteiger partial charge in [-0.25, -0.2) is 0 Å². The molecular weight excluding hydrogens is 212 g/mol. The molecule has 0 saturated carbocycles. The van der Waals surface area contributed by atoms with Crippen molar-refractivity contribution in [2.75, 3.05) is 0 Å². The van der Waals surface area contributed by atoms with Crippen molar-refractivity contribution in [1.29, 1.82) is 0 Å². The lowest BCUT2D eigenvalue weighted by Gasteiger charge is -2.37. The summed E-state index contributed by atoms with van der Waals surface area (Å²) in [6, 6.07) is 0. The van der Waals surface area contributed by atoms with Crippen LogP contribution in [0.15, 0.2) is 12.2 Å². The minimum absolute atomic E-state index is 0.643. The van der Waals surface area contributed by atoms with Crippen LogP contribution in [0.5, 0.6) is 0 Å². The van der Waals surface area contributed by atoms with Crippen LogP contribution in [0.4, 0.5) is 0 Å². The molecule has 0 aliphatic carbocycles. The molecule has 0 unspecified atom stereocenters. The first-order valence-corrected chi connectivity index (χ1v) is 8.25. The summed E-state index contributed by atoms with van der Waals surface area (Å²) in [7, 11) is -1.61. The molecule has 0 bridgehead atoms. The maximum Gasteiger partial charge on any atom is 0.146 e. The molecule has 0 aliphatic rings. The van der Waals surface area contributed by atoms with Crippen LogP contribution in [0.25, 0.3) is 0 Å². The first-order chi connectivity index (χ1) is 7.39. The topological polar surface area (TPSA) is 17.1 Å². The van der Waals surface area contributed by atoms with E-state index in [4.69, 9.17) is 0 Å². The predicted molar refractivity (Wildman–Crippen MR) is 74.0 cm³/mol. The second kappa shape index (κ2) is 6.70. The molecule has 0 rings (SSSR count). The molecule has 0 N–H and O–H groups in total. The monoisotopic (exact) mass is 236 g/mol. The molecule has 0 aromatic heterocycles. The van der Waals surface area contributed by atoms with Crippen LogP contribution in [-0.4, -0.2) is 14.4 Å². The molecule has 0 aromatic carbocycles. The molecule has 16 heavy (non-hydrogen) atoms. The number of carbonyl (C=O) groups is 1. The van der Waals surface area contributed by atoms with Gasteiger partial charge in [0.25, 0.3) is 0 Å². The molecule has 0 spiro atoms. The molecule has 2 heteroatoms. The van der Waals surface area contributed by atoms with Crippen molar-refractivity contribution in [3.05, 3.63) is 12.2 Å². The van der Waals surface area contributed by atoms with Gasteiger partial charge in [0.15, 0.2) is 0 Å². The highest BCUT2D eigenvalue weighted by atomic mass is 28.3. The second-order valence-corrected chi connectivity index (χ2v) is 10.7. The number of hydrogen-bond donors (Lipinski definition) is 0. The summed E-state index contributed by atoms with van der Waals surface area (Å²) in [4.78, 5) is 10.2. The lowest BCUT2D eigenvalue weighted by Crippen LogP contribution is -2.43. The van der Waals surface area contributed by atoms with E-state index in [1.54, 1.807) is 6.08 Å². The smallest absolute Gasteiger partial charge is 0.146 e. The zero-order valence-electron chi connectivity index (χ0n) is 11.4. The first-order valence-electron chi connectivity index (χ1n) is 6.02. The third kappa shape index (κ3) is 3.35. The van der Waals surface area contributed by atoms with Gasteiger partial charge in [0.1, 0.15) is 14.4 Å². The Bertz CT molecular complexity index is 281. The van der Waals surface area contributed by atoms with Gasteiger partial charge in [-0.2, -0.15) is 0 Å². The molecule has 90 valence electrons. The van der Waals surface area contributed by atoms with Gasteiger partial charge in [0.05, 0.1) is 0 Å².